The number of hydrogen-bond acceptors (Lipinski definition) is 7. The van der Waals surface area contributed by atoms with E-state index >= 15 is 4.39 Å². The third kappa shape index (κ3) is 10.6. The minimum Gasteiger partial charge on any atom is -0.657 e. The van der Waals surface area contributed by atoms with Crippen LogP contribution in [0.1, 0.15) is 61.5 Å². The fourth-order valence-electron chi connectivity index (χ4n) is 3.86. The van der Waals surface area contributed by atoms with Crippen LogP contribution in [0, 0.1) is 18.6 Å². The monoisotopic (exact) mass is 692 g/mol. The Bertz CT molecular complexity index is 1430. The van der Waals surface area contributed by atoms with E-state index in [0.717, 1.165) is 12.3 Å². The zero-order valence-electron chi connectivity index (χ0n) is 25.7. The summed E-state index contributed by atoms with van der Waals surface area (Å²) in [5, 5.41) is 6.87. The van der Waals surface area contributed by atoms with Crippen molar-refractivity contribution in [3.05, 3.63) is 55.8 Å². The standard InChI is InChI=1S/C26H27F8N6OS.C2H6.K/c1-5-12(2)41-23-16(10-37-7-6-36-4)21(38-9-14-11-42-24(39-14)26(32,33)34)20(28)22(40-23)15-8-17(35)19(27)13(3)18(15)25(29,30)31;1-2;/h8,11-12H,4-7,9-10,35H2,1-3H3,(H,38,40);1-2H3;/q-1;;+1. The summed E-state index contributed by atoms with van der Waals surface area (Å²) >= 11 is 0.327. The SMILES string of the molecule is C=NCC[N-]Cc1c(OC(C)CC)nc(-c2cc(N)c(F)c(C)c2C(F)(F)F)c(F)c1NCc1csc(C(F)(F)F)n1.CC.[K+]. The molecule has 0 saturated carbocycles. The molecule has 2 aromatic heterocycles. The van der Waals surface area contributed by atoms with Gasteiger partial charge in [-0.15, -0.1) is 24.4 Å². The molecule has 1 unspecified atom stereocenters. The number of aromatic nitrogens is 2. The summed E-state index contributed by atoms with van der Waals surface area (Å²) in [6, 6.07) is 0.628. The Kier molecular flexibility index (Phi) is 16.3. The van der Waals surface area contributed by atoms with Gasteiger partial charge in [-0.25, -0.2) is 18.7 Å². The van der Waals surface area contributed by atoms with Gasteiger partial charge in [0.25, 0.3) is 0 Å². The van der Waals surface area contributed by atoms with E-state index < -0.39 is 75.4 Å². The molecular weight excluding hydrogens is 659 g/mol. The van der Waals surface area contributed by atoms with Crippen LogP contribution < -0.4 is 67.2 Å². The number of pyridine rings is 1. The molecule has 0 bridgehead atoms. The molecule has 0 aliphatic heterocycles. The third-order valence-corrected chi connectivity index (χ3v) is 7.02. The number of thiazole rings is 1. The molecule has 17 heteroatoms. The average Bonchev–Trinajstić information content (AvgIpc) is 3.44. The number of alkyl halides is 6. The molecule has 0 aliphatic carbocycles. The molecule has 2 heterocycles. The number of aliphatic imine (C=N–C) groups is 1. The molecule has 7 nitrogen and oxygen atoms in total. The van der Waals surface area contributed by atoms with Gasteiger partial charge in [-0.05, 0) is 38.6 Å². The first-order chi connectivity index (χ1) is 20.6. The normalized spacial score (nSPS) is 12.1. The van der Waals surface area contributed by atoms with Crippen molar-refractivity contribution in [3.63, 3.8) is 0 Å². The number of ether oxygens (including phenoxy) is 1. The van der Waals surface area contributed by atoms with E-state index in [1.54, 1.807) is 13.8 Å². The number of rotatable bonds is 12. The maximum absolute atomic E-state index is 16.3. The Morgan fingerprint density at radius 2 is 1.76 bits per heavy atom. The van der Waals surface area contributed by atoms with Gasteiger partial charge in [-0.1, -0.05) is 20.8 Å². The Labute approximate surface area is 302 Å². The van der Waals surface area contributed by atoms with Gasteiger partial charge in [-0.2, -0.15) is 26.3 Å². The van der Waals surface area contributed by atoms with Crippen molar-refractivity contribution in [2.75, 3.05) is 24.1 Å². The smallest absolute Gasteiger partial charge is 0.657 e. The van der Waals surface area contributed by atoms with Crippen LogP contribution in [-0.2, 0) is 25.4 Å². The summed E-state index contributed by atoms with van der Waals surface area (Å²) in [6.07, 6.45) is -9.93. The summed E-state index contributed by atoms with van der Waals surface area (Å²) in [7, 11) is 0. The average molecular weight is 693 g/mol. The molecule has 0 fully saturated rings. The minimum atomic E-state index is -5.13. The Hall–Kier alpha value is -1.89. The van der Waals surface area contributed by atoms with Crippen molar-refractivity contribution in [2.24, 2.45) is 4.99 Å². The molecule has 0 aliphatic rings. The summed E-state index contributed by atoms with van der Waals surface area (Å²) in [5.74, 6) is -2.90. The topological polar surface area (TPSA) is 99.5 Å². The first-order valence-electron chi connectivity index (χ1n) is 13.5. The van der Waals surface area contributed by atoms with Crippen LogP contribution in [0.5, 0.6) is 5.88 Å². The number of nitrogen functional groups attached to an aromatic ring is 1. The van der Waals surface area contributed by atoms with Crippen LogP contribution in [0.15, 0.2) is 16.4 Å². The molecule has 3 rings (SSSR count). The van der Waals surface area contributed by atoms with E-state index in [-0.39, 0.29) is 88.2 Å². The maximum atomic E-state index is 16.3. The maximum Gasteiger partial charge on any atom is 1.00 e. The van der Waals surface area contributed by atoms with Gasteiger partial charge in [-0.3, -0.25) is 0 Å². The predicted molar refractivity (Wildman–Crippen MR) is 156 cm³/mol. The summed E-state index contributed by atoms with van der Waals surface area (Å²) < 4.78 is 118. The molecule has 3 N–H and O–H groups in total. The first kappa shape index (κ1) is 41.1. The van der Waals surface area contributed by atoms with E-state index in [9.17, 15) is 30.7 Å². The molecule has 0 saturated heterocycles. The van der Waals surface area contributed by atoms with Gasteiger partial charge >= 0.3 is 63.7 Å². The molecule has 1 aromatic carbocycles. The summed E-state index contributed by atoms with van der Waals surface area (Å²) in [5.41, 5.74) is 0.351. The van der Waals surface area contributed by atoms with Crippen LogP contribution in [0.2, 0.25) is 0 Å². The van der Waals surface area contributed by atoms with Crippen LogP contribution in [0.25, 0.3) is 16.6 Å². The Morgan fingerprint density at radius 1 is 1.11 bits per heavy atom. The molecule has 45 heavy (non-hydrogen) atoms. The van der Waals surface area contributed by atoms with Crippen molar-refractivity contribution < 1.29 is 91.2 Å². The Morgan fingerprint density at radius 3 is 2.29 bits per heavy atom. The second-order valence-electron chi connectivity index (χ2n) is 9.14. The summed E-state index contributed by atoms with van der Waals surface area (Å²) in [4.78, 5) is 11.3. The van der Waals surface area contributed by atoms with Gasteiger partial charge in [0.15, 0.2) is 10.8 Å². The second-order valence-corrected chi connectivity index (χ2v) is 10.0. The van der Waals surface area contributed by atoms with Crippen molar-refractivity contribution in [2.45, 2.75) is 72.6 Å². The number of nitrogens with one attached hydrogen (secondary N) is 1. The number of nitrogens with two attached hydrogens (primary N) is 1. The molecular formula is C28H33F8KN6OS. The van der Waals surface area contributed by atoms with Crippen molar-refractivity contribution in [1.29, 1.82) is 0 Å². The zero-order valence-corrected chi connectivity index (χ0v) is 29.6. The van der Waals surface area contributed by atoms with Gasteiger partial charge in [0.05, 0.1) is 35.3 Å². The number of hydrogen-bond donors (Lipinski definition) is 2. The van der Waals surface area contributed by atoms with Gasteiger partial charge < -0.3 is 26.1 Å². The van der Waals surface area contributed by atoms with E-state index in [2.05, 4.69) is 32.3 Å². The summed E-state index contributed by atoms with van der Waals surface area (Å²) in [6.45, 7) is 11.3. The molecule has 0 amide bonds. The number of halogens is 8. The van der Waals surface area contributed by atoms with Crippen LogP contribution >= 0.6 is 11.3 Å². The molecule has 1 atom stereocenters. The van der Waals surface area contributed by atoms with Crippen LogP contribution in [0.4, 0.5) is 46.5 Å². The number of nitrogens with zero attached hydrogens (tertiary/aromatic N) is 4. The van der Waals surface area contributed by atoms with E-state index in [0.29, 0.717) is 23.8 Å². The molecule has 0 radical (unpaired) electrons. The van der Waals surface area contributed by atoms with Crippen molar-refractivity contribution in [3.8, 4) is 17.1 Å². The van der Waals surface area contributed by atoms with Crippen LogP contribution in [-0.4, -0.2) is 35.9 Å². The van der Waals surface area contributed by atoms with E-state index in [4.69, 9.17) is 10.5 Å². The predicted octanol–water partition coefficient (Wildman–Crippen LogP) is 5.81. The van der Waals surface area contributed by atoms with E-state index in [1.165, 1.54) is 0 Å². The van der Waals surface area contributed by atoms with Crippen molar-refractivity contribution >= 4 is 29.4 Å². The number of anilines is 2. The number of benzene rings is 1. The second kappa shape index (κ2) is 17.9. The van der Waals surface area contributed by atoms with Crippen molar-refractivity contribution in [1.82, 2.24) is 9.97 Å². The zero-order chi connectivity index (χ0) is 33.4. The molecule has 3 aromatic rings. The fourth-order valence-corrected chi connectivity index (χ4v) is 4.54. The van der Waals surface area contributed by atoms with Gasteiger partial charge in [0.1, 0.15) is 11.5 Å². The molecule has 244 valence electrons. The third-order valence-electron chi connectivity index (χ3n) is 6.08. The largest absolute Gasteiger partial charge is 1.00 e. The minimum absolute atomic E-state index is 0. The first-order valence-corrected chi connectivity index (χ1v) is 14.3. The van der Waals surface area contributed by atoms with Gasteiger partial charge in [0, 0.05) is 23.1 Å². The van der Waals surface area contributed by atoms with Gasteiger partial charge in [0.2, 0.25) is 5.88 Å². The fraction of sp³-hybridized carbons (Fsp3) is 0.464. The molecule has 0 spiro atoms. The van der Waals surface area contributed by atoms with E-state index in [1.807, 2.05) is 13.8 Å². The Balaban J connectivity index is 0.00000331. The van der Waals surface area contributed by atoms with Crippen LogP contribution in [0.3, 0.4) is 0 Å². The quantitative estimate of drug-likeness (QED) is 0.0822.